The predicted octanol–water partition coefficient (Wildman–Crippen LogP) is 8.66. The molecule has 0 bridgehead atoms. The van der Waals surface area contributed by atoms with Gasteiger partial charge in [-0.1, -0.05) is 199 Å². The van der Waals surface area contributed by atoms with E-state index in [1.54, 1.807) is 53.1 Å². The molecule has 15 heteroatoms. The van der Waals surface area contributed by atoms with Crippen molar-refractivity contribution < 1.29 is 37.4 Å². The molecule has 0 radical (unpaired) electrons. The first kappa shape index (κ1) is 51.5. The fourth-order valence-corrected chi connectivity index (χ4v) is 19.8. The molecule has 1 N–H and O–H groups in total. The summed E-state index contributed by atoms with van der Waals surface area (Å²) in [7, 11) is -7.06. The van der Waals surface area contributed by atoms with E-state index in [9.17, 15) is 14.4 Å². The van der Waals surface area contributed by atoms with Crippen LogP contribution in [0.1, 0.15) is 75.4 Å². The van der Waals surface area contributed by atoms with Crippen LogP contribution in [0.25, 0.3) is 11.2 Å². The number of fused-ring (bicyclic) bond motifs is 1. The minimum atomic E-state index is -3.64. The van der Waals surface area contributed by atoms with E-state index < -0.39 is 75.2 Å². The summed E-state index contributed by atoms with van der Waals surface area (Å²) in [5.41, 5.74) is -0.480. The van der Waals surface area contributed by atoms with E-state index in [0.717, 1.165) is 20.7 Å². The molecular weight excluding hydrogens is 963 g/mol. The standard InChI is InChI=1S/C59H61N5O8Si2/c1-42(65)70-50-51(72-74(58(5,6)7,47-34-22-12-23-35-47)48-36-24-13-25-37-48)59(38-68-56(67)44-28-16-9-17-29-44,39-69-73(57(2,3)4,45-30-18-10-19-31-45)46-32-20-11-21-33-46)71-55(50)64-41-62-49-52(60-40-61-53(49)64)63-54(66)43-26-14-8-15-27-43/h8-37,40-41,50-51,55H,38-39H2,1-7H3,(H,60,61,63,66)/t50-,51-,55-,59-/m1/s1. The number of aromatic nitrogens is 4. The van der Waals surface area contributed by atoms with Crippen molar-refractivity contribution in [2.24, 2.45) is 0 Å². The summed E-state index contributed by atoms with van der Waals surface area (Å²) in [5.74, 6) is -1.45. The Hall–Kier alpha value is -7.41. The number of hydrogen-bond donors (Lipinski definition) is 1. The lowest BCUT2D eigenvalue weighted by Gasteiger charge is -2.49. The normalized spacial score (nSPS) is 18.2. The Morgan fingerprint density at radius 1 is 0.608 bits per heavy atom. The Bertz CT molecular complexity index is 3120. The van der Waals surface area contributed by atoms with Crippen LogP contribution < -0.4 is 26.1 Å². The van der Waals surface area contributed by atoms with Crippen LogP contribution in [-0.2, 0) is 27.9 Å². The zero-order valence-corrected chi connectivity index (χ0v) is 44.7. The Morgan fingerprint density at radius 2 is 1.07 bits per heavy atom. The first-order chi connectivity index (χ1) is 35.6. The molecule has 2 aromatic heterocycles. The topological polar surface area (TPSA) is 153 Å². The van der Waals surface area contributed by atoms with Crippen molar-refractivity contribution in [2.75, 3.05) is 18.5 Å². The van der Waals surface area contributed by atoms with Gasteiger partial charge in [-0.3, -0.25) is 14.2 Å². The third kappa shape index (κ3) is 9.88. The number of carbonyl (C=O) groups is 3. The van der Waals surface area contributed by atoms with Gasteiger partial charge in [0, 0.05) is 12.5 Å². The maximum Gasteiger partial charge on any atom is 0.338 e. The Balaban J connectivity index is 1.30. The highest BCUT2D eigenvalue weighted by Gasteiger charge is 2.65. The summed E-state index contributed by atoms with van der Waals surface area (Å²) in [4.78, 5) is 55.8. The highest BCUT2D eigenvalue weighted by Crippen LogP contribution is 2.48. The molecule has 378 valence electrons. The minimum Gasteiger partial charge on any atom is -0.459 e. The Labute approximate surface area is 434 Å². The van der Waals surface area contributed by atoms with E-state index >= 15 is 0 Å². The number of benzene rings is 6. The molecule has 1 aliphatic heterocycles. The fraction of sp³-hybridized carbons (Fsp3) is 0.254. The van der Waals surface area contributed by atoms with Crippen molar-refractivity contribution in [3.8, 4) is 0 Å². The van der Waals surface area contributed by atoms with Crippen molar-refractivity contribution >= 4 is 72.2 Å². The van der Waals surface area contributed by atoms with Gasteiger partial charge in [0.2, 0.25) is 0 Å². The largest absolute Gasteiger partial charge is 0.459 e. The lowest BCUT2D eigenvalue weighted by atomic mass is 9.96. The number of nitrogens with one attached hydrogen (secondary N) is 1. The van der Waals surface area contributed by atoms with E-state index in [-0.39, 0.29) is 23.6 Å². The smallest absolute Gasteiger partial charge is 0.338 e. The van der Waals surface area contributed by atoms with Gasteiger partial charge in [0.05, 0.1) is 18.5 Å². The summed E-state index contributed by atoms with van der Waals surface area (Å²) in [6.45, 7) is 13.8. The van der Waals surface area contributed by atoms with Gasteiger partial charge >= 0.3 is 11.9 Å². The molecule has 0 saturated carbocycles. The summed E-state index contributed by atoms with van der Waals surface area (Å²) in [6, 6.07) is 58.3. The molecule has 13 nitrogen and oxygen atoms in total. The number of amides is 1. The van der Waals surface area contributed by atoms with Crippen LogP contribution in [0.2, 0.25) is 10.1 Å². The zero-order valence-electron chi connectivity index (χ0n) is 42.7. The Morgan fingerprint density at radius 3 is 1.54 bits per heavy atom. The summed E-state index contributed by atoms with van der Waals surface area (Å²) in [6.07, 6.45) is -0.872. The monoisotopic (exact) mass is 1020 g/mol. The van der Waals surface area contributed by atoms with Crippen molar-refractivity contribution in [3.63, 3.8) is 0 Å². The van der Waals surface area contributed by atoms with Gasteiger partial charge in [0.1, 0.15) is 19.0 Å². The quantitative estimate of drug-likeness (QED) is 0.0731. The number of esters is 2. The number of hydrogen-bond acceptors (Lipinski definition) is 11. The fourth-order valence-electron chi connectivity index (χ4n) is 10.4. The second-order valence-corrected chi connectivity index (χ2v) is 29.2. The predicted molar refractivity (Wildman–Crippen MR) is 291 cm³/mol. The number of nitrogens with zero attached hydrogens (tertiary/aromatic N) is 4. The van der Waals surface area contributed by atoms with Crippen molar-refractivity contribution in [1.82, 2.24) is 19.5 Å². The number of rotatable bonds is 16. The maximum absolute atomic E-state index is 14.4. The average molecular weight is 1020 g/mol. The van der Waals surface area contributed by atoms with Gasteiger partial charge in [0.15, 0.2) is 34.9 Å². The van der Waals surface area contributed by atoms with Gasteiger partial charge in [-0.25, -0.2) is 19.7 Å². The summed E-state index contributed by atoms with van der Waals surface area (Å²) in [5, 5.41) is 5.72. The van der Waals surface area contributed by atoms with Crippen molar-refractivity contribution in [1.29, 1.82) is 0 Å². The molecule has 0 unspecified atom stereocenters. The molecule has 3 heterocycles. The zero-order chi connectivity index (χ0) is 52.1. The lowest BCUT2D eigenvalue weighted by molar-refractivity contribution is -0.156. The van der Waals surface area contributed by atoms with Crippen LogP contribution in [0.3, 0.4) is 0 Å². The number of anilines is 1. The number of carbonyl (C=O) groups excluding carboxylic acids is 3. The lowest BCUT2D eigenvalue weighted by Crippen LogP contribution is -2.72. The van der Waals surface area contributed by atoms with Crippen LogP contribution >= 0.6 is 0 Å². The second-order valence-electron chi connectivity index (χ2n) is 20.6. The Kier molecular flexibility index (Phi) is 14.8. The molecule has 1 amide bonds. The van der Waals surface area contributed by atoms with E-state index in [2.05, 4.69) is 100 Å². The van der Waals surface area contributed by atoms with E-state index in [4.69, 9.17) is 33.0 Å². The number of imidazole rings is 1. The SMILES string of the molecule is CC(=O)O[C@H]1[C@H](n2cnc3c(NC(=O)c4ccccc4)ncnc32)O[C@](COC(=O)c2ccccc2)(CO[Si](c2ccccc2)(c2ccccc2)C(C)(C)C)[C@@H]1O[Si](c1ccccc1)(c1ccccc1)C(C)(C)C. The van der Waals surface area contributed by atoms with Crippen LogP contribution in [0.15, 0.2) is 195 Å². The highest BCUT2D eigenvalue weighted by molar-refractivity contribution is 7.00. The van der Waals surface area contributed by atoms with E-state index in [1.807, 2.05) is 84.9 Å². The molecule has 4 atom stereocenters. The molecule has 74 heavy (non-hydrogen) atoms. The third-order valence-corrected chi connectivity index (χ3v) is 23.8. The van der Waals surface area contributed by atoms with Gasteiger partial charge in [-0.05, 0) is 55.1 Å². The molecule has 1 saturated heterocycles. The molecular formula is C59H61N5O8Si2. The van der Waals surface area contributed by atoms with Crippen LogP contribution in [0.5, 0.6) is 0 Å². The molecule has 9 rings (SSSR count). The number of ether oxygens (including phenoxy) is 3. The highest BCUT2D eigenvalue weighted by atomic mass is 28.4. The molecule has 6 aromatic carbocycles. The first-order valence-electron chi connectivity index (χ1n) is 24.7. The van der Waals surface area contributed by atoms with Gasteiger partial charge < -0.3 is 28.4 Å². The first-order valence-corrected chi connectivity index (χ1v) is 28.5. The van der Waals surface area contributed by atoms with Crippen molar-refractivity contribution in [3.05, 3.63) is 206 Å². The maximum atomic E-state index is 14.4. The molecule has 1 fully saturated rings. The van der Waals surface area contributed by atoms with Crippen LogP contribution in [-0.4, -0.2) is 85.0 Å². The van der Waals surface area contributed by atoms with Gasteiger partial charge in [-0.15, -0.1) is 0 Å². The molecule has 0 spiro atoms. The minimum absolute atomic E-state index is 0.155. The van der Waals surface area contributed by atoms with Gasteiger partial charge in [-0.2, -0.15) is 0 Å². The second kappa shape index (κ2) is 21.2. The summed E-state index contributed by atoms with van der Waals surface area (Å²) < 4.78 is 38.4. The third-order valence-electron chi connectivity index (χ3n) is 13.8. The average Bonchev–Trinajstić information content (AvgIpc) is 3.99. The molecule has 0 aliphatic carbocycles. The van der Waals surface area contributed by atoms with Crippen LogP contribution in [0.4, 0.5) is 5.82 Å². The summed E-state index contributed by atoms with van der Waals surface area (Å²) >= 11 is 0. The molecule has 8 aromatic rings. The van der Waals surface area contributed by atoms with Crippen LogP contribution in [0, 0.1) is 0 Å². The van der Waals surface area contributed by atoms with Crippen molar-refractivity contribution in [2.45, 2.75) is 82.6 Å². The van der Waals surface area contributed by atoms with E-state index in [1.165, 1.54) is 19.6 Å². The molecule has 1 aliphatic rings. The van der Waals surface area contributed by atoms with E-state index in [0.29, 0.717) is 11.1 Å². The van der Waals surface area contributed by atoms with Gasteiger partial charge in [0.25, 0.3) is 22.5 Å².